The average molecular weight is 841 g/mol. The first-order valence-electron chi connectivity index (χ1n) is 22.4. The Kier molecular flexibility index (Phi) is 50.3. The fraction of sp³-hybridized carbons (Fsp3) is 0.953. The van der Waals surface area contributed by atoms with E-state index in [1.807, 2.05) is 0 Å². The van der Waals surface area contributed by atoms with Gasteiger partial charge in [0.05, 0.1) is 152 Å². The number of carboxylic acids is 1. The summed E-state index contributed by atoms with van der Waals surface area (Å²) >= 11 is 0. The van der Waals surface area contributed by atoms with Gasteiger partial charge in [0.25, 0.3) is 0 Å². The molecule has 0 fully saturated rings. The van der Waals surface area contributed by atoms with E-state index in [2.05, 4.69) is 6.92 Å². The molecule has 0 radical (unpaired) electrons. The minimum Gasteiger partial charge on any atom is -0.481 e. The van der Waals surface area contributed by atoms with Crippen molar-refractivity contribution >= 4 is 11.9 Å². The maximum atomic E-state index is 11.9. The second-order valence-corrected chi connectivity index (χ2v) is 13.8. The predicted molar refractivity (Wildman–Crippen MR) is 222 cm³/mol. The van der Waals surface area contributed by atoms with Crippen LogP contribution in [-0.4, -0.2) is 169 Å². The quantitative estimate of drug-likeness (QED) is 0.0525. The molecular formula is C43H84O15. The van der Waals surface area contributed by atoms with Gasteiger partial charge < -0.3 is 61.9 Å². The van der Waals surface area contributed by atoms with Gasteiger partial charge in [-0.1, -0.05) is 96.8 Å². The molecular weight excluding hydrogens is 756 g/mol. The first-order valence-corrected chi connectivity index (χ1v) is 22.4. The molecule has 0 saturated heterocycles. The Hall–Kier alpha value is -1.50. The molecule has 0 aliphatic heterocycles. The van der Waals surface area contributed by atoms with Crippen molar-refractivity contribution in [3.05, 3.63) is 0 Å². The highest BCUT2D eigenvalue weighted by Crippen LogP contribution is 2.14. The first-order chi connectivity index (χ1) is 28.7. The zero-order valence-corrected chi connectivity index (χ0v) is 36.4. The molecule has 0 amide bonds. The number of carbonyl (C=O) groups excluding carboxylic acids is 1. The Morgan fingerprint density at radius 3 is 0.776 bits per heavy atom. The molecule has 15 nitrogen and oxygen atoms in total. The summed E-state index contributed by atoms with van der Waals surface area (Å²) in [5.74, 6) is -1.01. The molecule has 0 aliphatic carbocycles. The Bertz CT molecular complexity index is 808. The summed E-state index contributed by atoms with van der Waals surface area (Å²) in [7, 11) is 0. The maximum absolute atomic E-state index is 11.9. The highest BCUT2D eigenvalue weighted by atomic mass is 16.6. The molecule has 15 heteroatoms. The number of esters is 1. The lowest BCUT2D eigenvalue weighted by molar-refractivity contribution is -0.145. The summed E-state index contributed by atoms with van der Waals surface area (Å²) in [6, 6.07) is 0. The van der Waals surface area contributed by atoms with Crippen LogP contribution in [0.1, 0.15) is 116 Å². The molecule has 0 aliphatic rings. The van der Waals surface area contributed by atoms with Crippen molar-refractivity contribution in [1.82, 2.24) is 0 Å². The van der Waals surface area contributed by atoms with E-state index in [0.717, 1.165) is 12.8 Å². The molecule has 346 valence electrons. The first kappa shape index (κ1) is 56.5. The van der Waals surface area contributed by atoms with Crippen molar-refractivity contribution in [3.63, 3.8) is 0 Å². The topological polar surface area (TPSA) is 165 Å². The molecule has 1 N–H and O–H groups in total. The fourth-order valence-electron chi connectivity index (χ4n) is 5.39. The number of carboxylic acid groups (broad SMARTS) is 1. The molecule has 0 rings (SSSR count). The molecule has 0 saturated carbocycles. The second-order valence-electron chi connectivity index (χ2n) is 13.8. The smallest absolute Gasteiger partial charge is 0.305 e. The highest BCUT2D eigenvalue weighted by Gasteiger charge is 2.03. The third-order valence-corrected chi connectivity index (χ3v) is 8.66. The number of ether oxygens (including phenoxy) is 12. The second kappa shape index (κ2) is 51.6. The molecule has 58 heavy (non-hydrogen) atoms. The Morgan fingerprint density at radius 1 is 0.293 bits per heavy atom. The van der Waals surface area contributed by atoms with Crippen molar-refractivity contribution in [1.29, 1.82) is 0 Å². The Morgan fingerprint density at radius 2 is 0.517 bits per heavy atom. The third kappa shape index (κ3) is 52.5. The van der Waals surface area contributed by atoms with Gasteiger partial charge in [0.2, 0.25) is 0 Å². The van der Waals surface area contributed by atoms with Crippen LogP contribution in [0.2, 0.25) is 0 Å². The Labute approximate surface area is 351 Å². The summed E-state index contributed by atoms with van der Waals surface area (Å²) < 4.78 is 65.0. The van der Waals surface area contributed by atoms with E-state index in [9.17, 15) is 9.59 Å². The van der Waals surface area contributed by atoms with Crippen LogP contribution in [0, 0.1) is 0 Å². The van der Waals surface area contributed by atoms with E-state index in [0.29, 0.717) is 145 Å². The lowest BCUT2D eigenvalue weighted by Gasteiger charge is -2.09. The maximum Gasteiger partial charge on any atom is 0.305 e. The minimum atomic E-state index is -0.875. The summed E-state index contributed by atoms with van der Waals surface area (Å²) in [5, 5.41) is 8.50. The van der Waals surface area contributed by atoms with Crippen LogP contribution in [0.15, 0.2) is 0 Å². The largest absolute Gasteiger partial charge is 0.481 e. The predicted octanol–water partition coefficient (Wildman–Crippen LogP) is 6.45. The molecule has 0 heterocycles. The highest BCUT2D eigenvalue weighted by molar-refractivity contribution is 5.69. The number of carbonyl (C=O) groups is 2. The SMILES string of the molecule is CCCCCCCCCCCCCCCCCC(=O)OCCOCCOCCOCCOCCOCCOCCOCCOCCOCCOCCOCCC(=O)O. The monoisotopic (exact) mass is 841 g/mol. The van der Waals surface area contributed by atoms with Gasteiger partial charge in [-0.25, -0.2) is 0 Å². The van der Waals surface area contributed by atoms with Gasteiger partial charge in [-0.15, -0.1) is 0 Å². The lowest BCUT2D eigenvalue weighted by Crippen LogP contribution is -2.15. The van der Waals surface area contributed by atoms with Crippen molar-refractivity contribution in [2.24, 2.45) is 0 Å². The fourth-order valence-corrected chi connectivity index (χ4v) is 5.39. The minimum absolute atomic E-state index is 0.00465. The van der Waals surface area contributed by atoms with E-state index in [4.69, 9.17) is 61.9 Å². The molecule has 0 atom stereocenters. The van der Waals surface area contributed by atoms with Crippen LogP contribution in [0.5, 0.6) is 0 Å². The van der Waals surface area contributed by atoms with Gasteiger partial charge in [0.1, 0.15) is 6.61 Å². The number of aliphatic carboxylic acids is 1. The summed E-state index contributed by atoms with van der Waals surface area (Å²) in [6.45, 7) is 12.4. The molecule has 0 aromatic carbocycles. The normalized spacial score (nSPS) is 11.5. The third-order valence-electron chi connectivity index (χ3n) is 8.66. The Balaban J connectivity index is 3.13. The molecule has 0 spiro atoms. The van der Waals surface area contributed by atoms with Crippen molar-refractivity contribution in [2.75, 3.05) is 152 Å². The van der Waals surface area contributed by atoms with E-state index in [1.54, 1.807) is 0 Å². The standard InChI is InChI=1S/C43H84O15/c1-2-3-4-5-6-7-8-9-10-11-12-13-14-15-16-17-43(46)58-41-40-57-39-38-56-37-36-55-35-34-54-33-32-53-31-30-52-29-28-51-27-26-50-25-24-49-23-22-48-21-20-47-19-18-42(44)45/h2-41H2,1H3,(H,44,45). The number of unbranched alkanes of at least 4 members (excludes halogenated alkanes) is 14. The molecule has 0 unspecified atom stereocenters. The van der Waals surface area contributed by atoms with Crippen LogP contribution < -0.4 is 0 Å². The van der Waals surface area contributed by atoms with Crippen molar-refractivity contribution in [2.45, 2.75) is 116 Å². The van der Waals surface area contributed by atoms with Crippen LogP contribution in [-0.2, 0) is 66.4 Å². The van der Waals surface area contributed by atoms with E-state index < -0.39 is 5.97 Å². The average Bonchev–Trinajstić information content (AvgIpc) is 3.22. The van der Waals surface area contributed by atoms with Gasteiger partial charge in [0, 0.05) is 6.42 Å². The van der Waals surface area contributed by atoms with Crippen molar-refractivity contribution in [3.8, 4) is 0 Å². The van der Waals surface area contributed by atoms with Gasteiger partial charge >= 0.3 is 11.9 Å². The van der Waals surface area contributed by atoms with Gasteiger partial charge in [-0.3, -0.25) is 9.59 Å². The van der Waals surface area contributed by atoms with E-state index in [-0.39, 0.29) is 25.6 Å². The lowest BCUT2D eigenvalue weighted by atomic mass is 10.0. The molecule has 0 bridgehead atoms. The summed E-state index contributed by atoms with van der Waals surface area (Å²) in [5.41, 5.74) is 0. The van der Waals surface area contributed by atoms with Crippen molar-refractivity contribution < 1.29 is 71.5 Å². The summed E-state index contributed by atoms with van der Waals surface area (Å²) in [4.78, 5) is 22.3. The van der Waals surface area contributed by atoms with Crippen LogP contribution in [0.25, 0.3) is 0 Å². The zero-order chi connectivity index (χ0) is 41.9. The zero-order valence-electron chi connectivity index (χ0n) is 36.4. The molecule has 0 aromatic rings. The van der Waals surface area contributed by atoms with E-state index in [1.165, 1.54) is 83.5 Å². The van der Waals surface area contributed by atoms with Gasteiger partial charge in [-0.05, 0) is 6.42 Å². The van der Waals surface area contributed by atoms with Gasteiger partial charge in [-0.2, -0.15) is 0 Å². The number of hydrogen-bond acceptors (Lipinski definition) is 14. The number of hydrogen-bond donors (Lipinski definition) is 1. The molecule has 0 aromatic heterocycles. The van der Waals surface area contributed by atoms with Crippen LogP contribution in [0.4, 0.5) is 0 Å². The number of rotatable bonds is 52. The van der Waals surface area contributed by atoms with Crippen LogP contribution in [0.3, 0.4) is 0 Å². The summed E-state index contributed by atoms with van der Waals surface area (Å²) in [6.07, 6.45) is 20.2. The van der Waals surface area contributed by atoms with E-state index >= 15 is 0 Å². The van der Waals surface area contributed by atoms with Crippen LogP contribution >= 0.6 is 0 Å². The van der Waals surface area contributed by atoms with Gasteiger partial charge in [0.15, 0.2) is 0 Å².